The van der Waals surface area contributed by atoms with Crippen molar-refractivity contribution in [1.82, 2.24) is 4.98 Å². The summed E-state index contributed by atoms with van der Waals surface area (Å²) in [4.78, 5) is 17.1. The number of anilines is 1. The highest BCUT2D eigenvalue weighted by Gasteiger charge is 2.12. The summed E-state index contributed by atoms with van der Waals surface area (Å²) in [5, 5.41) is 8.94. The number of carboxylic acid groups (broad SMARTS) is 1. The summed E-state index contributed by atoms with van der Waals surface area (Å²) in [6.45, 7) is 5.18. The highest BCUT2D eigenvalue weighted by Crippen LogP contribution is 2.22. The predicted molar refractivity (Wildman–Crippen MR) is 75.3 cm³/mol. The lowest BCUT2D eigenvalue weighted by molar-refractivity contribution is 0.0697. The maximum absolute atomic E-state index is 10.9. The molecule has 0 amide bonds. The zero-order chi connectivity index (χ0) is 14.7. The lowest BCUT2D eigenvalue weighted by Crippen LogP contribution is -2.24. The van der Waals surface area contributed by atoms with Crippen molar-refractivity contribution >= 4 is 23.1 Å². The topological polar surface area (TPSA) is 75.8 Å². The molecule has 1 aromatic carbocycles. The smallest absolute Gasteiger partial charge is 0.335 e. The number of carbonyl (C=O) groups is 1. The molecule has 6 heteroatoms. The first-order valence-electron chi connectivity index (χ1n) is 6.44. The number of aromatic carboxylic acids is 1. The standard InChI is InChI=1S/C14H18N2O4/c1-9(2)19-7-6-16(3)14-15-11-5-4-10(13(17)18)8-12(11)20-14/h4-5,8-9H,6-7H2,1-3H3,(H,17,18). The van der Waals surface area contributed by atoms with Gasteiger partial charge in [0.1, 0.15) is 5.52 Å². The van der Waals surface area contributed by atoms with Gasteiger partial charge in [0, 0.05) is 13.6 Å². The van der Waals surface area contributed by atoms with Crippen LogP contribution in [0.4, 0.5) is 6.01 Å². The zero-order valence-corrected chi connectivity index (χ0v) is 11.8. The lowest BCUT2D eigenvalue weighted by atomic mass is 10.2. The highest BCUT2D eigenvalue weighted by molar-refractivity contribution is 5.92. The third kappa shape index (κ3) is 3.27. The molecule has 0 aliphatic carbocycles. The van der Waals surface area contributed by atoms with Crippen molar-refractivity contribution in [3.63, 3.8) is 0 Å². The summed E-state index contributed by atoms with van der Waals surface area (Å²) in [5.74, 6) is -0.983. The molecule has 2 aromatic rings. The summed E-state index contributed by atoms with van der Waals surface area (Å²) in [7, 11) is 1.85. The van der Waals surface area contributed by atoms with Crippen LogP contribution >= 0.6 is 0 Å². The fourth-order valence-corrected chi connectivity index (χ4v) is 1.73. The molecular weight excluding hydrogens is 260 g/mol. The highest BCUT2D eigenvalue weighted by atomic mass is 16.5. The van der Waals surface area contributed by atoms with E-state index in [0.717, 1.165) is 0 Å². The van der Waals surface area contributed by atoms with Gasteiger partial charge in [0.25, 0.3) is 6.01 Å². The number of hydrogen-bond donors (Lipinski definition) is 1. The van der Waals surface area contributed by atoms with Crippen LogP contribution in [0, 0.1) is 0 Å². The van der Waals surface area contributed by atoms with Gasteiger partial charge in [-0.15, -0.1) is 0 Å². The molecule has 0 aliphatic heterocycles. The molecule has 6 nitrogen and oxygen atoms in total. The number of carboxylic acids is 1. The van der Waals surface area contributed by atoms with E-state index in [4.69, 9.17) is 14.3 Å². The Morgan fingerprint density at radius 3 is 2.90 bits per heavy atom. The van der Waals surface area contributed by atoms with Gasteiger partial charge in [-0.2, -0.15) is 4.98 Å². The number of ether oxygens (including phenoxy) is 1. The SMILES string of the molecule is CC(C)OCCN(C)c1nc2ccc(C(=O)O)cc2o1. The van der Waals surface area contributed by atoms with Gasteiger partial charge >= 0.3 is 5.97 Å². The molecule has 0 bridgehead atoms. The van der Waals surface area contributed by atoms with E-state index in [1.54, 1.807) is 6.07 Å². The van der Waals surface area contributed by atoms with Crippen molar-refractivity contribution in [1.29, 1.82) is 0 Å². The maximum atomic E-state index is 10.9. The second-order valence-corrected chi connectivity index (χ2v) is 4.83. The number of likely N-dealkylation sites (N-methyl/N-ethyl adjacent to an activating group) is 1. The molecule has 0 spiro atoms. The number of nitrogens with zero attached hydrogens (tertiary/aromatic N) is 2. The second-order valence-electron chi connectivity index (χ2n) is 4.83. The molecule has 108 valence electrons. The van der Waals surface area contributed by atoms with Crippen molar-refractivity contribution in [2.45, 2.75) is 20.0 Å². The predicted octanol–water partition coefficient (Wildman–Crippen LogP) is 2.39. The number of hydrogen-bond acceptors (Lipinski definition) is 5. The zero-order valence-electron chi connectivity index (χ0n) is 11.8. The Morgan fingerprint density at radius 2 is 2.25 bits per heavy atom. The van der Waals surface area contributed by atoms with Crippen molar-refractivity contribution in [3.8, 4) is 0 Å². The Kier molecular flexibility index (Phi) is 4.24. The van der Waals surface area contributed by atoms with Crippen molar-refractivity contribution < 1.29 is 19.1 Å². The number of benzene rings is 1. The minimum absolute atomic E-state index is 0.185. The van der Waals surface area contributed by atoms with Crippen LogP contribution in [0.3, 0.4) is 0 Å². The van der Waals surface area contributed by atoms with Gasteiger partial charge in [0.2, 0.25) is 0 Å². The van der Waals surface area contributed by atoms with Crippen LogP contribution in [-0.2, 0) is 4.74 Å². The van der Waals surface area contributed by atoms with E-state index in [1.165, 1.54) is 12.1 Å². The van der Waals surface area contributed by atoms with E-state index >= 15 is 0 Å². The van der Waals surface area contributed by atoms with Crippen molar-refractivity contribution in [2.75, 3.05) is 25.1 Å². The molecule has 0 saturated carbocycles. The van der Waals surface area contributed by atoms with Gasteiger partial charge in [0.15, 0.2) is 5.58 Å². The third-order valence-corrected chi connectivity index (χ3v) is 2.83. The summed E-state index contributed by atoms with van der Waals surface area (Å²) in [6, 6.07) is 5.09. The monoisotopic (exact) mass is 278 g/mol. The van der Waals surface area contributed by atoms with Gasteiger partial charge < -0.3 is 19.2 Å². The number of rotatable bonds is 6. The van der Waals surface area contributed by atoms with Crippen LogP contribution in [0.2, 0.25) is 0 Å². The normalized spacial score (nSPS) is 11.2. The Balaban J connectivity index is 2.12. The van der Waals surface area contributed by atoms with E-state index in [0.29, 0.717) is 30.3 Å². The summed E-state index contributed by atoms with van der Waals surface area (Å²) >= 11 is 0. The Morgan fingerprint density at radius 1 is 1.50 bits per heavy atom. The molecule has 1 aromatic heterocycles. The second kappa shape index (κ2) is 5.92. The molecule has 20 heavy (non-hydrogen) atoms. The minimum Gasteiger partial charge on any atom is -0.478 e. The van der Waals surface area contributed by atoms with Crippen LogP contribution in [0.1, 0.15) is 24.2 Å². The molecule has 0 unspecified atom stereocenters. The summed E-state index contributed by atoms with van der Waals surface area (Å²) in [5.41, 5.74) is 1.30. The van der Waals surface area contributed by atoms with Crippen LogP contribution < -0.4 is 4.90 Å². The summed E-state index contributed by atoms with van der Waals surface area (Å²) in [6.07, 6.45) is 0.185. The molecule has 0 radical (unpaired) electrons. The Labute approximate surface area is 117 Å². The van der Waals surface area contributed by atoms with E-state index in [2.05, 4.69) is 4.98 Å². The van der Waals surface area contributed by atoms with Gasteiger partial charge in [-0.05, 0) is 32.0 Å². The van der Waals surface area contributed by atoms with Crippen LogP contribution in [0.25, 0.3) is 11.1 Å². The molecule has 1 heterocycles. The largest absolute Gasteiger partial charge is 0.478 e. The Hall–Kier alpha value is -2.08. The molecule has 0 aliphatic rings. The first-order valence-corrected chi connectivity index (χ1v) is 6.44. The average molecular weight is 278 g/mol. The van der Waals surface area contributed by atoms with Gasteiger partial charge in [0.05, 0.1) is 18.3 Å². The lowest BCUT2D eigenvalue weighted by Gasteiger charge is -2.15. The average Bonchev–Trinajstić information content (AvgIpc) is 2.80. The first kappa shape index (κ1) is 14.3. The van der Waals surface area contributed by atoms with Crippen LogP contribution in [0.5, 0.6) is 0 Å². The van der Waals surface area contributed by atoms with Crippen molar-refractivity contribution in [3.05, 3.63) is 23.8 Å². The fraction of sp³-hybridized carbons (Fsp3) is 0.429. The molecule has 1 N–H and O–H groups in total. The van der Waals surface area contributed by atoms with Crippen LogP contribution in [0.15, 0.2) is 22.6 Å². The summed E-state index contributed by atoms with van der Waals surface area (Å²) < 4.78 is 11.0. The first-order chi connectivity index (χ1) is 9.47. The maximum Gasteiger partial charge on any atom is 0.335 e. The minimum atomic E-state index is -0.983. The van der Waals surface area contributed by atoms with E-state index < -0.39 is 5.97 Å². The number of oxazole rings is 1. The van der Waals surface area contributed by atoms with Crippen molar-refractivity contribution in [2.24, 2.45) is 0 Å². The van der Waals surface area contributed by atoms with Gasteiger partial charge in [-0.3, -0.25) is 0 Å². The fourth-order valence-electron chi connectivity index (χ4n) is 1.73. The molecule has 0 saturated heterocycles. The Bertz CT molecular complexity index is 606. The van der Waals surface area contributed by atoms with Gasteiger partial charge in [-0.1, -0.05) is 0 Å². The molecule has 0 atom stereocenters. The number of aromatic nitrogens is 1. The quantitative estimate of drug-likeness (QED) is 0.874. The molecular formula is C14H18N2O4. The van der Waals surface area contributed by atoms with Gasteiger partial charge in [-0.25, -0.2) is 4.79 Å². The van der Waals surface area contributed by atoms with E-state index in [-0.39, 0.29) is 11.7 Å². The number of fused-ring (bicyclic) bond motifs is 1. The van der Waals surface area contributed by atoms with E-state index in [1.807, 2.05) is 25.8 Å². The van der Waals surface area contributed by atoms with Crippen LogP contribution in [-0.4, -0.2) is 42.4 Å². The molecule has 2 rings (SSSR count). The third-order valence-electron chi connectivity index (χ3n) is 2.83. The molecule has 0 fully saturated rings. The van der Waals surface area contributed by atoms with E-state index in [9.17, 15) is 4.79 Å².